The summed E-state index contributed by atoms with van der Waals surface area (Å²) < 4.78 is 16.3. The molecule has 3 saturated heterocycles. The van der Waals surface area contributed by atoms with Crippen molar-refractivity contribution in [3.05, 3.63) is 24.3 Å². The third-order valence-electron chi connectivity index (χ3n) is 15.5. The first-order valence-electron chi connectivity index (χ1n) is 29.4. The summed E-state index contributed by atoms with van der Waals surface area (Å²) in [5, 5.41) is 49.2. The van der Waals surface area contributed by atoms with Gasteiger partial charge in [-0.2, -0.15) is 0 Å². The lowest BCUT2D eigenvalue weighted by Crippen LogP contribution is -2.35. The number of ether oxygens (including phenoxy) is 3. The Labute approximate surface area is 473 Å². The molecule has 16 unspecified atom stereocenters. The molecule has 0 bridgehead atoms. The van der Waals surface area contributed by atoms with E-state index in [1.165, 1.54) is 0 Å². The quantitative estimate of drug-likeness (QED) is 0.0182. The van der Waals surface area contributed by atoms with E-state index < -0.39 is 54.7 Å². The number of aldehydes is 11. The molecule has 0 radical (unpaired) electrons. The monoisotopic (exact) mass is 1130 g/mol. The van der Waals surface area contributed by atoms with Gasteiger partial charge >= 0.3 is 0 Å². The van der Waals surface area contributed by atoms with Gasteiger partial charge in [0.25, 0.3) is 0 Å². The van der Waals surface area contributed by atoms with E-state index in [9.17, 15) is 78.3 Å². The number of aliphatic hydroxyl groups is 5. The van der Waals surface area contributed by atoms with Crippen molar-refractivity contribution in [2.45, 2.75) is 242 Å². The topological polar surface area (TPSA) is 317 Å². The van der Waals surface area contributed by atoms with Crippen LogP contribution in [0.25, 0.3) is 0 Å². The summed E-state index contributed by atoms with van der Waals surface area (Å²) >= 11 is 0. The van der Waals surface area contributed by atoms with Crippen LogP contribution in [-0.4, -0.2) is 144 Å². The summed E-state index contributed by atoms with van der Waals surface area (Å²) in [7, 11) is 0. The van der Waals surface area contributed by atoms with Gasteiger partial charge in [0.2, 0.25) is 0 Å². The molecule has 3 fully saturated rings. The van der Waals surface area contributed by atoms with Crippen LogP contribution in [0.5, 0.6) is 0 Å². The molecule has 454 valence electrons. The minimum absolute atomic E-state index is 0.181. The van der Waals surface area contributed by atoms with Crippen LogP contribution in [0.15, 0.2) is 24.3 Å². The Morgan fingerprint density at radius 1 is 0.425 bits per heavy atom. The van der Waals surface area contributed by atoms with Crippen LogP contribution >= 0.6 is 0 Å². The molecule has 0 aromatic rings. The van der Waals surface area contributed by atoms with E-state index in [1.54, 1.807) is 0 Å². The van der Waals surface area contributed by atoms with E-state index in [-0.39, 0.29) is 42.0 Å². The van der Waals surface area contributed by atoms with Crippen molar-refractivity contribution in [2.75, 3.05) is 0 Å². The largest absolute Gasteiger partial charge is 0.392 e. The molecule has 19 nitrogen and oxygen atoms in total. The fraction of sp³-hybridized carbons (Fsp3) is 0.754. The van der Waals surface area contributed by atoms with Crippen LogP contribution in [0.2, 0.25) is 0 Å². The van der Waals surface area contributed by atoms with Gasteiger partial charge in [-0.05, 0) is 166 Å². The number of hydrogen-bond acceptors (Lipinski definition) is 19. The van der Waals surface area contributed by atoms with Gasteiger partial charge in [-0.3, -0.25) is 4.79 Å². The zero-order valence-corrected chi connectivity index (χ0v) is 47.1. The van der Waals surface area contributed by atoms with E-state index in [0.29, 0.717) is 140 Å². The molecule has 0 aromatic carbocycles. The van der Waals surface area contributed by atoms with Crippen molar-refractivity contribution in [2.24, 2.45) is 47.3 Å². The molecular weight excluding hydrogens is 1040 g/mol. The second-order valence-corrected chi connectivity index (χ2v) is 21.8. The Hall–Kier alpha value is -4.47. The second-order valence-electron chi connectivity index (χ2n) is 21.8. The summed E-state index contributed by atoms with van der Waals surface area (Å²) in [6, 6.07) is 0. The number of allylic oxidation sites excluding steroid dienone is 3. The predicted molar refractivity (Wildman–Crippen MR) is 296 cm³/mol. The number of unbranched alkanes of at least 4 members (excludes halogenated alkanes) is 5. The Bertz CT molecular complexity index is 1770. The molecule has 5 N–H and O–H groups in total. The Morgan fingerprint density at radius 3 is 1.18 bits per heavy atom. The molecule has 3 rings (SSSR count). The maximum atomic E-state index is 11.6. The molecular formula is C61H96O19. The third-order valence-corrected chi connectivity index (χ3v) is 15.5. The van der Waals surface area contributed by atoms with E-state index >= 15 is 0 Å². The van der Waals surface area contributed by atoms with Crippen molar-refractivity contribution in [1.29, 1.82) is 0 Å². The van der Waals surface area contributed by atoms with Crippen LogP contribution < -0.4 is 0 Å². The van der Waals surface area contributed by atoms with Crippen LogP contribution in [-0.2, 0) is 67.0 Å². The van der Waals surface area contributed by atoms with Crippen molar-refractivity contribution in [3.63, 3.8) is 0 Å². The number of hydrogen-bond donors (Lipinski definition) is 5. The molecule has 0 amide bonds. The zero-order valence-electron chi connectivity index (χ0n) is 47.1. The van der Waals surface area contributed by atoms with Gasteiger partial charge in [0, 0.05) is 60.2 Å². The molecule has 19 heteroatoms. The fourth-order valence-electron chi connectivity index (χ4n) is 10.6. The predicted octanol–water partition coefficient (Wildman–Crippen LogP) is 6.77. The minimum Gasteiger partial charge on any atom is -0.392 e. The maximum Gasteiger partial charge on any atom is 0.154 e. The first-order valence-corrected chi connectivity index (χ1v) is 29.4. The summed E-state index contributed by atoms with van der Waals surface area (Å²) in [6.07, 6.45) is 25.2. The van der Waals surface area contributed by atoms with E-state index in [0.717, 1.165) is 127 Å². The van der Waals surface area contributed by atoms with Crippen molar-refractivity contribution < 1.29 is 92.5 Å². The first-order chi connectivity index (χ1) is 38.7. The highest BCUT2D eigenvalue weighted by molar-refractivity contribution is 5.73. The summed E-state index contributed by atoms with van der Waals surface area (Å²) in [6.45, 7) is 3.66. The molecule has 0 spiro atoms. The van der Waals surface area contributed by atoms with Crippen molar-refractivity contribution >= 4 is 69.1 Å². The molecule has 3 heterocycles. The minimum atomic E-state index is -0.863. The smallest absolute Gasteiger partial charge is 0.154 e. The second kappa shape index (κ2) is 47.1. The van der Waals surface area contributed by atoms with Crippen LogP contribution in [0.4, 0.5) is 0 Å². The number of carbonyl (C=O) groups excluding carboxylic acids is 11. The van der Waals surface area contributed by atoms with Gasteiger partial charge < -0.3 is 87.7 Å². The van der Waals surface area contributed by atoms with Crippen LogP contribution in [0.3, 0.4) is 0 Å². The fourth-order valence-corrected chi connectivity index (χ4v) is 10.6. The summed E-state index contributed by atoms with van der Waals surface area (Å²) in [4.78, 5) is 123. The lowest BCUT2D eigenvalue weighted by Gasteiger charge is -2.31. The SMILES string of the molecule is C=CCCC/C=C(/C=O)CCC(O)C(C=O)CCCC(C=O)CC(C=O)C1CCCC(O)O1.O=CCCCC(O)C(C=O)CCCC(C=O)CC(C=O)C1CCCC(O)O1.O=CCCCCC(C=O)CC(C=O)C1CCCC(O)O1. The molecule has 3 aliphatic heterocycles. The maximum absolute atomic E-state index is 11.6. The van der Waals surface area contributed by atoms with Crippen LogP contribution in [0.1, 0.15) is 193 Å². The molecule has 3 aliphatic rings. The molecule has 0 aliphatic carbocycles. The van der Waals surface area contributed by atoms with Gasteiger partial charge in [0.1, 0.15) is 69.1 Å². The highest BCUT2D eigenvalue weighted by Gasteiger charge is 2.33. The van der Waals surface area contributed by atoms with Gasteiger partial charge in [-0.1, -0.05) is 31.4 Å². The Balaban J connectivity index is 0.000000618. The number of carbonyl (C=O) groups is 11. The van der Waals surface area contributed by atoms with Gasteiger partial charge in [0.05, 0.1) is 30.5 Å². The normalized spacial score (nSPS) is 23.9. The number of aliphatic hydroxyl groups excluding tert-OH is 5. The standard InChI is InChI=1S/C26H40O7.C20H32O7.C15H24O5/c1-2-3-4-5-8-20(16-27)13-14-24(31)22(18-29)10-6-9-21(17-28)15-23(19-30)25-11-7-12-26(32)33-25;21-10-2-1-7-18(25)16(13-23)6-3-5-15(12-22)11-17(14-24)19-8-4-9-20(26)27-19;16-8-3-1-2-5-12(10-17)9-13(11-18)14-6-4-7-15(19)20-14/h2,8,16-19,21-26,31-32H,1,3-7,9-15H2;10,12-20,25-26H,1-9,11H2;8,10-15,19H,1-7,9H2/b20-8+;;. The molecule has 0 aromatic heterocycles. The summed E-state index contributed by atoms with van der Waals surface area (Å²) in [5.74, 6) is -3.18. The molecule has 0 saturated carbocycles. The number of rotatable bonds is 44. The molecule has 80 heavy (non-hydrogen) atoms. The third kappa shape index (κ3) is 32.2. The van der Waals surface area contributed by atoms with Gasteiger partial charge in [-0.25, -0.2) is 0 Å². The Kier molecular flexibility index (Phi) is 43.3. The first kappa shape index (κ1) is 73.5. The summed E-state index contributed by atoms with van der Waals surface area (Å²) in [5.41, 5.74) is 0.624. The van der Waals surface area contributed by atoms with E-state index in [4.69, 9.17) is 14.2 Å². The van der Waals surface area contributed by atoms with Crippen molar-refractivity contribution in [1.82, 2.24) is 0 Å². The highest BCUT2D eigenvalue weighted by atomic mass is 16.6. The van der Waals surface area contributed by atoms with Crippen molar-refractivity contribution in [3.8, 4) is 0 Å². The average Bonchev–Trinajstić information content (AvgIpc) is 3.48. The zero-order chi connectivity index (χ0) is 59.3. The highest BCUT2D eigenvalue weighted by Crippen LogP contribution is 2.31. The Morgan fingerprint density at radius 2 is 0.825 bits per heavy atom. The van der Waals surface area contributed by atoms with Gasteiger partial charge in [0.15, 0.2) is 18.9 Å². The lowest BCUT2D eigenvalue weighted by molar-refractivity contribution is -0.179. The van der Waals surface area contributed by atoms with Gasteiger partial charge in [-0.15, -0.1) is 6.58 Å². The lowest BCUT2D eigenvalue weighted by atomic mass is 9.85. The van der Waals surface area contributed by atoms with E-state index in [2.05, 4.69) is 6.58 Å². The molecule has 16 atom stereocenters. The van der Waals surface area contributed by atoms with E-state index in [1.807, 2.05) is 12.2 Å². The van der Waals surface area contributed by atoms with Crippen LogP contribution in [0, 0.1) is 47.3 Å². The average molecular weight is 1130 g/mol.